The van der Waals surface area contributed by atoms with Crippen molar-refractivity contribution in [2.75, 3.05) is 5.73 Å². The Hall–Kier alpha value is -0.750. The van der Waals surface area contributed by atoms with Gasteiger partial charge in [0.1, 0.15) is 0 Å². The Morgan fingerprint density at radius 1 is 1.50 bits per heavy atom. The molecule has 0 bridgehead atoms. The molecule has 0 aliphatic carbocycles. The SMILES string of the molecule is Nc1nnc(S(=O)(=O)[N-][N+](=O)[O-])s1.[Ag+]. The van der Waals surface area contributed by atoms with E-state index in [-0.39, 0.29) is 27.5 Å². The van der Waals surface area contributed by atoms with E-state index in [2.05, 4.69) is 15.0 Å². The van der Waals surface area contributed by atoms with E-state index in [1.807, 2.05) is 0 Å². The first-order valence-electron chi connectivity index (χ1n) is 2.63. The summed E-state index contributed by atoms with van der Waals surface area (Å²) in [5, 5.41) is 14.6. The standard InChI is InChI=1S/C2H2N5O4S2.Ag/c3-1-4-5-2(12-1)13(10,11)6-7(8)9;/h(H2,3,4);/q-1;+1. The van der Waals surface area contributed by atoms with Crippen molar-refractivity contribution in [3.05, 3.63) is 14.9 Å². The summed E-state index contributed by atoms with van der Waals surface area (Å²) in [5.41, 5.74) is 5.08. The third kappa shape index (κ3) is 3.19. The molecule has 0 aliphatic heterocycles. The van der Waals surface area contributed by atoms with Crippen LogP contribution in [0.4, 0.5) is 5.13 Å². The van der Waals surface area contributed by atoms with Crippen LogP contribution in [0.25, 0.3) is 4.83 Å². The molecule has 0 aliphatic rings. The van der Waals surface area contributed by atoms with Crippen LogP contribution in [0, 0.1) is 10.1 Å². The van der Waals surface area contributed by atoms with Gasteiger partial charge in [-0.3, -0.25) is 14.9 Å². The maximum atomic E-state index is 10.9. The van der Waals surface area contributed by atoms with E-state index < -0.39 is 19.4 Å². The van der Waals surface area contributed by atoms with Crippen molar-refractivity contribution in [2.24, 2.45) is 0 Å². The molecule has 12 heteroatoms. The summed E-state index contributed by atoms with van der Waals surface area (Å²) in [7, 11) is -4.35. The number of rotatable bonds is 3. The quantitative estimate of drug-likeness (QED) is 0.441. The van der Waals surface area contributed by atoms with Crippen molar-refractivity contribution in [2.45, 2.75) is 4.34 Å². The number of nitro groups is 1. The van der Waals surface area contributed by atoms with Crippen LogP contribution < -0.4 is 5.73 Å². The Morgan fingerprint density at radius 3 is 2.43 bits per heavy atom. The molecule has 0 unspecified atom stereocenters. The minimum Gasteiger partial charge on any atom is -0.374 e. The van der Waals surface area contributed by atoms with Crippen molar-refractivity contribution in [3.8, 4) is 0 Å². The molecular weight excluding hydrogens is 330 g/mol. The van der Waals surface area contributed by atoms with Crippen LogP contribution in [0.2, 0.25) is 0 Å². The molecule has 0 atom stereocenters. The molecule has 1 heterocycles. The van der Waals surface area contributed by atoms with Gasteiger partial charge < -0.3 is 5.73 Å². The van der Waals surface area contributed by atoms with Gasteiger partial charge in [0.2, 0.25) is 19.5 Å². The number of sulfonamides is 1. The van der Waals surface area contributed by atoms with Gasteiger partial charge in [-0.05, 0) is 0 Å². The van der Waals surface area contributed by atoms with Gasteiger partial charge in [-0.1, -0.05) is 11.3 Å². The van der Waals surface area contributed by atoms with Crippen LogP contribution >= 0.6 is 11.3 Å². The van der Waals surface area contributed by atoms with Crippen LogP contribution in [0.3, 0.4) is 0 Å². The average Bonchev–Trinajstić information content (AvgIpc) is 2.32. The summed E-state index contributed by atoms with van der Waals surface area (Å²) in [5.74, 6) is 0. The molecular formula is C2H2AgN5O4S2. The van der Waals surface area contributed by atoms with Gasteiger partial charge in [0.25, 0.3) is 0 Å². The van der Waals surface area contributed by atoms with Gasteiger partial charge in [0, 0.05) is 5.03 Å². The number of anilines is 1. The van der Waals surface area contributed by atoms with E-state index in [1.54, 1.807) is 0 Å². The largest absolute Gasteiger partial charge is 1.00 e. The fourth-order valence-electron chi connectivity index (χ4n) is 0.447. The van der Waals surface area contributed by atoms with Crippen LogP contribution in [-0.2, 0) is 32.4 Å². The van der Waals surface area contributed by atoms with Crippen molar-refractivity contribution in [3.63, 3.8) is 0 Å². The Morgan fingerprint density at radius 2 is 2.07 bits per heavy atom. The van der Waals surface area contributed by atoms with Crippen LogP contribution in [0.1, 0.15) is 0 Å². The number of nitrogens with two attached hydrogens (primary N) is 1. The topological polar surface area (TPSA) is 143 Å². The van der Waals surface area contributed by atoms with E-state index in [1.165, 1.54) is 0 Å². The van der Waals surface area contributed by atoms with Crippen LogP contribution in [-0.4, -0.2) is 23.6 Å². The molecule has 1 rings (SSSR count). The van der Waals surface area contributed by atoms with Gasteiger partial charge in [0.15, 0.2) is 0 Å². The molecule has 0 fully saturated rings. The summed E-state index contributed by atoms with van der Waals surface area (Å²) in [6.07, 6.45) is 0. The Kier molecular flexibility index (Phi) is 4.41. The number of nitrogen functional groups attached to an aromatic ring is 1. The fourth-order valence-corrected chi connectivity index (χ4v) is 1.96. The first-order valence-corrected chi connectivity index (χ1v) is 4.89. The van der Waals surface area contributed by atoms with Gasteiger partial charge >= 0.3 is 22.4 Å². The van der Waals surface area contributed by atoms with Gasteiger partial charge in [-0.2, -0.15) is 0 Å². The number of hydrogen-bond acceptors (Lipinski definition) is 8. The zero-order chi connectivity index (χ0) is 10.1. The second kappa shape index (κ2) is 4.66. The minimum absolute atomic E-state index is 0. The first-order chi connectivity index (χ1) is 5.92. The minimum atomic E-state index is -4.35. The molecule has 1 aromatic heterocycles. The summed E-state index contributed by atoms with van der Waals surface area (Å²) >= 11 is 0.506. The number of nitrogens with zero attached hydrogens (tertiary/aromatic N) is 4. The fraction of sp³-hybridized carbons (Fsp3) is 0. The van der Waals surface area contributed by atoms with Gasteiger partial charge in [-0.15, -0.1) is 10.2 Å². The average molecular weight is 332 g/mol. The molecule has 0 saturated heterocycles. The second-order valence-corrected chi connectivity index (χ2v) is 4.47. The molecule has 0 aromatic carbocycles. The summed E-state index contributed by atoms with van der Waals surface area (Å²) < 4.78 is 21.2. The Balaban J connectivity index is 0.00000169. The molecule has 0 amide bonds. The number of aromatic nitrogens is 2. The zero-order valence-electron chi connectivity index (χ0n) is 6.12. The van der Waals surface area contributed by atoms with E-state index in [0.29, 0.717) is 11.3 Å². The molecule has 0 radical (unpaired) electrons. The van der Waals surface area contributed by atoms with Crippen molar-refractivity contribution in [1.29, 1.82) is 0 Å². The maximum absolute atomic E-state index is 10.9. The van der Waals surface area contributed by atoms with Crippen molar-refractivity contribution >= 4 is 26.5 Å². The zero-order valence-corrected chi connectivity index (χ0v) is 9.23. The van der Waals surface area contributed by atoms with Crippen molar-refractivity contribution in [1.82, 2.24) is 10.2 Å². The molecule has 2 N–H and O–H groups in total. The number of hydrogen-bond donors (Lipinski definition) is 1. The van der Waals surface area contributed by atoms with Crippen molar-refractivity contribution < 1.29 is 35.8 Å². The summed E-state index contributed by atoms with van der Waals surface area (Å²) in [6.45, 7) is 0. The molecule has 9 nitrogen and oxygen atoms in total. The van der Waals surface area contributed by atoms with E-state index in [4.69, 9.17) is 5.73 Å². The smallest absolute Gasteiger partial charge is 0.374 e. The normalized spacial score (nSPS) is 10.3. The van der Waals surface area contributed by atoms with Gasteiger partial charge in [-0.25, -0.2) is 8.42 Å². The summed E-state index contributed by atoms with van der Waals surface area (Å²) in [6, 6.07) is 0. The van der Waals surface area contributed by atoms with E-state index in [9.17, 15) is 18.5 Å². The second-order valence-electron chi connectivity index (χ2n) is 1.70. The first kappa shape index (κ1) is 13.3. The molecule has 0 saturated carbocycles. The van der Waals surface area contributed by atoms with Crippen LogP contribution in [0.5, 0.6) is 0 Å². The molecule has 82 valence electrons. The molecule has 0 spiro atoms. The third-order valence-electron chi connectivity index (χ3n) is 0.817. The predicted octanol–water partition coefficient (Wildman–Crippen LogP) is -0.628. The maximum Gasteiger partial charge on any atom is 1.00 e. The van der Waals surface area contributed by atoms with E-state index in [0.717, 1.165) is 0 Å². The molecule has 1 aromatic rings. The Labute approximate surface area is 97.4 Å². The third-order valence-corrected chi connectivity index (χ3v) is 3.12. The van der Waals surface area contributed by atoms with E-state index >= 15 is 0 Å². The van der Waals surface area contributed by atoms with Crippen LogP contribution in [0.15, 0.2) is 4.34 Å². The monoisotopic (exact) mass is 331 g/mol. The summed E-state index contributed by atoms with van der Waals surface area (Å²) in [4.78, 5) is 12.0. The van der Waals surface area contributed by atoms with Gasteiger partial charge in [0.05, 0.1) is 0 Å². The Bertz CT molecular complexity index is 427. The predicted molar refractivity (Wildman–Crippen MR) is 41.9 cm³/mol. The molecule has 14 heavy (non-hydrogen) atoms.